The van der Waals surface area contributed by atoms with Crippen LogP contribution in [0, 0.1) is 5.92 Å². The van der Waals surface area contributed by atoms with Crippen LogP contribution in [0.2, 0.25) is 0 Å². The van der Waals surface area contributed by atoms with E-state index in [0.717, 1.165) is 32.5 Å². The Labute approximate surface area is 142 Å². The third-order valence-corrected chi connectivity index (χ3v) is 4.36. The fourth-order valence-electron chi connectivity index (χ4n) is 3.05. The van der Waals surface area contributed by atoms with Crippen LogP contribution in [0.4, 0.5) is 0 Å². The van der Waals surface area contributed by atoms with Gasteiger partial charge in [-0.25, -0.2) is 0 Å². The van der Waals surface area contributed by atoms with Gasteiger partial charge in [-0.2, -0.15) is 0 Å². The Balaban J connectivity index is 1.64. The molecule has 1 N–H and O–H groups in total. The number of ether oxygens (including phenoxy) is 1. The molecule has 1 aliphatic heterocycles. The number of hydrogen-bond acceptors (Lipinski definition) is 4. The maximum atomic E-state index is 12.7. The Morgan fingerprint density at radius 3 is 2.67 bits per heavy atom. The molecule has 5 nitrogen and oxygen atoms in total. The highest BCUT2D eigenvalue weighted by Crippen LogP contribution is 2.23. The van der Waals surface area contributed by atoms with Crippen molar-refractivity contribution >= 4 is 5.91 Å². The fraction of sp³-hybridized carbons (Fsp3) is 0.368. The summed E-state index contributed by atoms with van der Waals surface area (Å²) < 4.78 is 5.79. The summed E-state index contributed by atoms with van der Waals surface area (Å²) in [6.07, 6.45) is 5.47. The zero-order chi connectivity index (χ0) is 16.8. The zero-order valence-electron chi connectivity index (χ0n) is 13.9. The van der Waals surface area contributed by atoms with Gasteiger partial charge in [0.15, 0.2) is 0 Å². The molecule has 5 heteroatoms. The number of aromatic nitrogens is 1. The van der Waals surface area contributed by atoms with Gasteiger partial charge in [0.1, 0.15) is 11.5 Å². The number of amides is 1. The van der Waals surface area contributed by atoms with Crippen LogP contribution in [0.5, 0.6) is 11.5 Å². The first-order chi connectivity index (χ1) is 11.8. The van der Waals surface area contributed by atoms with Gasteiger partial charge in [0.2, 0.25) is 0 Å². The monoisotopic (exact) mass is 325 g/mol. The highest BCUT2D eigenvalue weighted by atomic mass is 16.5. The zero-order valence-corrected chi connectivity index (χ0v) is 13.9. The Bertz CT molecular complexity index is 667. The SMILES string of the molecule is CNCC1CCN(C(=O)c2cccc(Oc3ccncc3)c2)CC1. The standard InChI is InChI=1S/C19H23N3O2/c1-20-14-15-7-11-22(12-8-15)19(23)16-3-2-4-18(13-16)24-17-5-9-21-10-6-17/h2-6,9-10,13,15,20H,7-8,11-12,14H2,1H3. The molecule has 24 heavy (non-hydrogen) atoms. The minimum Gasteiger partial charge on any atom is -0.457 e. The van der Waals surface area contributed by atoms with Crippen LogP contribution in [0.15, 0.2) is 48.8 Å². The van der Waals surface area contributed by atoms with Crippen molar-refractivity contribution in [1.82, 2.24) is 15.2 Å². The lowest BCUT2D eigenvalue weighted by atomic mass is 9.96. The number of carbonyl (C=O) groups is 1. The van der Waals surface area contributed by atoms with E-state index >= 15 is 0 Å². The lowest BCUT2D eigenvalue weighted by Gasteiger charge is -2.32. The number of benzene rings is 1. The predicted octanol–water partition coefficient (Wildman–Crippen LogP) is 2.95. The summed E-state index contributed by atoms with van der Waals surface area (Å²) in [6, 6.07) is 11.0. The van der Waals surface area contributed by atoms with E-state index in [9.17, 15) is 4.79 Å². The number of pyridine rings is 1. The molecule has 0 unspecified atom stereocenters. The van der Waals surface area contributed by atoms with Crippen LogP contribution in [0.3, 0.4) is 0 Å². The number of nitrogens with zero attached hydrogens (tertiary/aromatic N) is 2. The number of hydrogen-bond donors (Lipinski definition) is 1. The molecule has 0 aliphatic carbocycles. The first kappa shape index (κ1) is 16.5. The summed E-state index contributed by atoms with van der Waals surface area (Å²) >= 11 is 0. The smallest absolute Gasteiger partial charge is 0.253 e. The highest BCUT2D eigenvalue weighted by molar-refractivity contribution is 5.94. The number of nitrogens with one attached hydrogen (secondary N) is 1. The number of rotatable bonds is 5. The van der Waals surface area contributed by atoms with Crippen molar-refractivity contribution in [2.45, 2.75) is 12.8 Å². The third kappa shape index (κ3) is 4.11. The minimum atomic E-state index is 0.0816. The van der Waals surface area contributed by atoms with Gasteiger partial charge in [-0.15, -0.1) is 0 Å². The van der Waals surface area contributed by atoms with E-state index in [0.29, 0.717) is 23.0 Å². The second-order valence-electron chi connectivity index (χ2n) is 6.11. The molecule has 2 aromatic rings. The van der Waals surface area contributed by atoms with Crippen molar-refractivity contribution in [1.29, 1.82) is 0 Å². The highest BCUT2D eigenvalue weighted by Gasteiger charge is 2.23. The van der Waals surface area contributed by atoms with E-state index in [1.165, 1.54) is 0 Å². The average molecular weight is 325 g/mol. The maximum Gasteiger partial charge on any atom is 0.253 e. The predicted molar refractivity (Wildman–Crippen MR) is 93.3 cm³/mol. The lowest BCUT2D eigenvalue weighted by molar-refractivity contribution is 0.0690. The second kappa shape index (κ2) is 7.93. The summed E-state index contributed by atoms with van der Waals surface area (Å²) in [4.78, 5) is 18.6. The second-order valence-corrected chi connectivity index (χ2v) is 6.11. The molecule has 1 aromatic carbocycles. The fourth-order valence-corrected chi connectivity index (χ4v) is 3.05. The minimum absolute atomic E-state index is 0.0816. The molecule has 0 spiro atoms. The van der Waals surface area contributed by atoms with Crippen LogP contribution in [-0.4, -0.2) is 42.5 Å². The summed E-state index contributed by atoms with van der Waals surface area (Å²) in [5.41, 5.74) is 0.675. The van der Waals surface area contributed by atoms with Crippen LogP contribution in [0.25, 0.3) is 0 Å². The van der Waals surface area contributed by atoms with E-state index in [4.69, 9.17) is 4.74 Å². The van der Waals surface area contributed by atoms with Crippen LogP contribution >= 0.6 is 0 Å². The van der Waals surface area contributed by atoms with Gasteiger partial charge in [0.25, 0.3) is 5.91 Å². The van der Waals surface area contributed by atoms with Crippen molar-refractivity contribution in [3.05, 3.63) is 54.4 Å². The van der Waals surface area contributed by atoms with Gasteiger partial charge in [-0.3, -0.25) is 9.78 Å². The molecule has 0 radical (unpaired) electrons. The van der Waals surface area contributed by atoms with Crippen molar-refractivity contribution in [2.24, 2.45) is 5.92 Å². The normalized spacial score (nSPS) is 15.3. The molecule has 2 heterocycles. The van der Waals surface area contributed by atoms with Gasteiger partial charge in [-0.1, -0.05) is 6.07 Å². The maximum absolute atomic E-state index is 12.7. The number of likely N-dealkylation sites (tertiary alicyclic amines) is 1. The van der Waals surface area contributed by atoms with Crippen molar-refractivity contribution < 1.29 is 9.53 Å². The molecule has 1 saturated heterocycles. The first-order valence-electron chi connectivity index (χ1n) is 8.38. The molecule has 3 rings (SSSR count). The molecular weight excluding hydrogens is 302 g/mol. The van der Waals surface area contributed by atoms with Crippen molar-refractivity contribution in [3.8, 4) is 11.5 Å². The number of carbonyl (C=O) groups excluding carboxylic acids is 1. The Hall–Kier alpha value is -2.40. The van der Waals surface area contributed by atoms with Gasteiger partial charge in [0, 0.05) is 31.0 Å². The lowest BCUT2D eigenvalue weighted by Crippen LogP contribution is -2.40. The van der Waals surface area contributed by atoms with E-state index in [1.54, 1.807) is 24.5 Å². The summed E-state index contributed by atoms with van der Waals surface area (Å²) in [5.74, 6) is 2.12. The molecule has 0 bridgehead atoms. The first-order valence-corrected chi connectivity index (χ1v) is 8.38. The quantitative estimate of drug-likeness (QED) is 0.918. The van der Waals surface area contributed by atoms with E-state index in [2.05, 4.69) is 10.3 Å². The topological polar surface area (TPSA) is 54.5 Å². The van der Waals surface area contributed by atoms with Gasteiger partial charge in [-0.05, 0) is 62.7 Å². The Morgan fingerprint density at radius 1 is 1.21 bits per heavy atom. The van der Waals surface area contributed by atoms with E-state index < -0.39 is 0 Å². The van der Waals surface area contributed by atoms with Crippen molar-refractivity contribution in [2.75, 3.05) is 26.7 Å². The Morgan fingerprint density at radius 2 is 1.96 bits per heavy atom. The average Bonchev–Trinajstić information content (AvgIpc) is 2.63. The summed E-state index contributed by atoms with van der Waals surface area (Å²) in [5, 5.41) is 3.22. The molecule has 1 aromatic heterocycles. The van der Waals surface area contributed by atoms with E-state index in [-0.39, 0.29) is 5.91 Å². The van der Waals surface area contributed by atoms with Gasteiger partial charge >= 0.3 is 0 Å². The van der Waals surface area contributed by atoms with Gasteiger partial charge in [0.05, 0.1) is 0 Å². The molecule has 126 valence electrons. The van der Waals surface area contributed by atoms with Crippen molar-refractivity contribution in [3.63, 3.8) is 0 Å². The van der Waals surface area contributed by atoms with Crippen LogP contribution < -0.4 is 10.1 Å². The van der Waals surface area contributed by atoms with Crippen LogP contribution in [-0.2, 0) is 0 Å². The third-order valence-electron chi connectivity index (χ3n) is 4.36. The largest absolute Gasteiger partial charge is 0.457 e. The molecule has 1 fully saturated rings. The van der Waals surface area contributed by atoms with Gasteiger partial charge < -0.3 is 15.0 Å². The Kier molecular flexibility index (Phi) is 5.43. The number of piperidine rings is 1. The molecular formula is C19H23N3O2. The van der Waals surface area contributed by atoms with E-state index in [1.807, 2.05) is 36.2 Å². The molecule has 0 saturated carbocycles. The summed E-state index contributed by atoms with van der Waals surface area (Å²) in [7, 11) is 1.98. The van der Waals surface area contributed by atoms with Crippen LogP contribution in [0.1, 0.15) is 23.2 Å². The molecule has 1 aliphatic rings. The molecule has 0 atom stereocenters. The molecule has 1 amide bonds. The summed E-state index contributed by atoms with van der Waals surface area (Å²) in [6.45, 7) is 2.67.